The number of aromatic nitrogens is 1. The van der Waals surface area contributed by atoms with Crippen LogP contribution in [0.4, 0.5) is 4.39 Å². The third-order valence-electron chi connectivity index (χ3n) is 4.33. The summed E-state index contributed by atoms with van der Waals surface area (Å²) in [4.78, 5) is 9.10. The normalized spacial score (nSPS) is 13.4. The molecule has 154 valence electrons. The third-order valence-corrected chi connectivity index (χ3v) is 4.33. The fourth-order valence-corrected chi connectivity index (χ4v) is 2.67. The minimum Gasteiger partial charge on any atom is -0.444 e. The van der Waals surface area contributed by atoms with E-state index in [-0.39, 0.29) is 17.3 Å². The van der Waals surface area contributed by atoms with Crippen molar-refractivity contribution in [3.05, 3.63) is 42.0 Å². The molecular weight excluding hydrogens is 359 g/mol. The van der Waals surface area contributed by atoms with Crippen LogP contribution in [0.15, 0.2) is 39.9 Å². The average molecular weight is 391 g/mol. The van der Waals surface area contributed by atoms with E-state index < -0.39 is 0 Å². The topological polar surface area (TPSA) is 71.7 Å². The highest BCUT2D eigenvalue weighted by Crippen LogP contribution is 2.22. The van der Waals surface area contributed by atoms with Gasteiger partial charge in [-0.05, 0) is 36.6 Å². The molecule has 0 aliphatic heterocycles. The molecule has 0 radical (unpaired) electrons. The van der Waals surface area contributed by atoms with Crippen LogP contribution in [0.1, 0.15) is 33.4 Å². The van der Waals surface area contributed by atoms with Gasteiger partial charge in [-0.3, -0.25) is 4.99 Å². The summed E-state index contributed by atoms with van der Waals surface area (Å²) in [5, 5.41) is 6.55. The highest BCUT2D eigenvalue weighted by Gasteiger charge is 2.24. The number of ether oxygens (including phenoxy) is 1. The molecular formula is C21H31FN4O2. The van der Waals surface area contributed by atoms with Gasteiger partial charge in [-0.1, -0.05) is 20.8 Å². The quantitative estimate of drug-likeness (QED) is 0.532. The van der Waals surface area contributed by atoms with Crippen molar-refractivity contribution in [2.75, 3.05) is 26.7 Å². The summed E-state index contributed by atoms with van der Waals surface area (Å²) in [6, 6.07) is 6.09. The third kappa shape index (κ3) is 6.64. The Balaban J connectivity index is 1.90. The summed E-state index contributed by atoms with van der Waals surface area (Å²) in [5.74, 6) is 0.955. The van der Waals surface area contributed by atoms with Crippen LogP contribution in [0.3, 0.4) is 0 Å². The molecule has 2 N–H and O–H groups in total. The molecule has 28 heavy (non-hydrogen) atoms. The first-order valence-corrected chi connectivity index (χ1v) is 9.58. The van der Waals surface area contributed by atoms with Gasteiger partial charge in [-0.2, -0.15) is 0 Å². The van der Waals surface area contributed by atoms with Crippen molar-refractivity contribution >= 4 is 5.96 Å². The summed E-state index contributed by atoms with van der Waals surface area (Å²) in [5.41, 5.74) is 1.60. The lowest BCUT2D eigenvalue weighted by atomic mass is 9.89. The minimum atomic E-state index is -0.280. The van der Waals surface area contributed by atoms with Gasteiger partial charge in [0.25, 0.3) is 0 Å². The number of nitrogens with zero attached hydrogens (tertiary/aromatic N) is 2. The number of hydrogen-bond acceptors (Lipinski definition) is 4. The molecule has 1 aromatic carbocycles. The Morgan fingerprint density at radius 2 is 1.96 bits per heavy atom. The summed E-state index contributed by atoms with van der Waals surface area (Å²) < 4.78 is 24.1. The summed E-state index contributed by atoms with van der Waals surface area (Å²) in [6.45, 7) is 10.5. The van der Waals surface area contributed by atoms with Crippen molar-refractivity contribution in [1.29, 1.82) is 0 Å². The second-order valence-electron chi connectivity index (χ2n) is 7.64. The number of oxazole rings is 1. The average Bonchev–Trinajstić information content (AvgIpc) is 3.10. The molecule has 0 aliphatic carbocycles. The van der Waals surface area contributed by atoms with Gasteiger partial charge in [0.15, 0.2) is 5.96 Å². The van der Waals surface area contributed by atoms with Crippen LogP contribution >= 0.6 is 0 Å². The second-order valence-corrected chi connectivity index (χ2v) is 7.64. The number of halogens is 1. The maximum absolute atomic E-state index is 13.0. The number of methoxy groups -OCH3 is 1. The maximum Gasteiger partial charge on any atom is 0.226 e. The van der Waals surface area contributed by atoms with Crippen LogP contribution < -0.4 is 10.6 Å². The van der Waals surface area contributed by atoms with Crippen molar-refractivity contribution in [2.24, 2.45) is 10.4 Å². The lowest BCUT2D eigenvalue weighted by Gasteiger charge is -2.28. The van der Waals surface area contributed by atoms with E-state index >= 15 is 0 Å². The zero-order valence-corrected chi connectivity index (χ0v) is 17.4. The first-order chi connectivity index (χ1) is 13.3. The van der Waals surface area contributed by atoms with Gasteiger partial charge in [0.2, 0.25) is 5.89 Å². The van der Waals surface area contributed by atoms with Gasteiger partial charge in [-0.25, -0.2) is 9.37 Å². The summed E-state index contributed by atoms with van der Waals surface area (Å²) >= 11 is 0. The first kappa shape index (κ1) is 21.9. The van der Waals surface area contributed by atoms with Crippen LogP contribution in [0.2, 0.25) is 0 Å². The van der Waals surface area contributed by atoms with Crippen LogP contribution in [0.25, 0.3) is 11.5 Å². The second kappa shape index (κ2) is 10.2. The molecule has 7 heteroatoms. The van der Waals surface area contributed by atoms with Crippen LogP contribution in [0.5, 0.6) is 0 Å². The summed E-state index contributed by atoms with van der Waals surface area (Å²) in [6.07, 6.45) is 2.35. The lowest BCUT2D eigenvalue weighted by Crippen LogP contribution is -2.40. The van der Waals surface area contributed by atoms with E-state index in [1.807, 2.05) is 6.92 Å². The fraction of sp³-hybridized carbons (Fsp3) is 0.524. The molecule has 0 saturated carbocycles. The molecule has 0 amide bonds. The number of aliphatic imine (C=N–C) groups is 1. The molecule has 0 aliphatic rings. The van der Waals surface area contributed by atoms with Gasteiger partial charge in [0, 0.05) is 32.2 Å². The van der Waals surface area contributed by atoms with Gasteiger partial charge < -0.3 is 19.8 Å². The number of benzene rings is 1. The van der Waals surface area contributed by atoms with E-state index in [0.717, 1.165) is 23.8 Å². The van der Waals surface area contributed by atoms with Crippen molar-refractivity contribution in [1.82, 2.24) is 15.6 Å². The molecule has 6 nitrogen and oxygen atoms in total. The minimum absolute atomic E-state index is 0.0209. The smallest absolute Gasteiger partial charge is 0.226 e. The van der Waals surface area contributed by atoms with Crippen molar-refractivity contribution in [3.63, 3.8) is 0 Å². The Hall–Kier alpha value is -2.41. The van der Waals surface area contributed by atoms with Crippen LogP contribution in [-0.4, -0.2) is 43.8 Å². The number of rotatable bonds is 8. The predicted molar refractivity (Wildman–Crippen MR) is 110 cm³/mol. The number of hydrogen-bond donors (Lipinski definition) is 2. The Labute approximate surface area is 166 Å². The van der Waals surface area contributed by atoms with E-state index in [0.29, 0.717) is 25.4 Å². The van der Waals surface area contributed by atoms with Crippen LogP contribution in [0, 0.1) is 11.2 Å². The standard InChI is InChI=1S/C21H31FN4O2/c1-6-23-20(25-13-18(27-5)21(2,3)4)24-12-11-17-14-28-19(26-17)15-7-9-16(22)10-8-15/h7-10,14,18H,6,11-13H2,1-5H3,(H2,23,24,25). The van der Waals surface area contributed by atoms with Crippen LogP contribution in [-0.2, 0) is 11.2 Å². The molecule has 0 saturated heterocycles. The predicted octanol–water partition coefficient (Wildman–Crippen LogP) is 3.64. The highest BCUT2D eigenvalue weighted by molar-refractivity contribution is 5.79. The van der Waals surface area contributed by atoms with Crippen molar-refractivity contribution in [3.8, 4) is 11.5 Å². The zero-order valence-electron chi connectivity index (χ0n) is 17.4. The molecule has 2 aromatic rings. The molecule has 1 atom stereocenters. The monoisotopic (exact) mass is 390 g/mol. The molecule has 0 spiro atoms. The van der Waals surface area contributed by atoms with Crippen molar-refractivity contribution < 1.29 is 13.5 Å². The van der Waals surface area contributed by atoms with Crippen molar-refractivity contribution in [2.45, 2.75) is 40.2 Å². The summed E-state index contributed by atoms with van der Waals surface area (Å²) in [7, 11) is 1.72. The fourth-order valence-electron chi connectivity index (χ4n) is 2.67. The largest absolute Gasteiger partial charge is 0.444 e. The van der Waals surface area contributed by atoms with E-state index in [1.54, 1.807) is 25.5 Å². The molecule has 1 unspecified atom stereocenters. The molecule has 0 bridgehead atoms. The lowest BCUT2D eigenvalue weighted by molar-refractivity contribution is 0.0241. The zero-order chi connectivity index (χ0) is 20.6. The number of guanidine groups is 1. The van der Waals surface area contributed by atoms with Gasteiger partial charge >= 0.3 is 0 Å². The Morgan fingerprint density at radius 3 is 2.57 bits per heavy atom. The van der Waals surface area contributed by atoms with E-state index in [4.69, 9.17) is 9.15 Å². The maximum atomic E-state index is 13.0. The molecule has 1 heterocycles. The van der Waals surface area contributed by atoms with Gasteiger partial charge in [0.1, 0.15) is 12.1 Å². The van der Waals surface area contributed by atoms with Gasteiger partial charge in [0.05, 0.1) is 18.3 Å². The van der Waals surface area contributed by atoms with E-state index in [9.17, 15) is 4.39 Å². The molecule has 0 fully saturated rings. The first-order valence-electron chi connectivity index (χ1n) is 9.58. The number of nitrogens with one attached hydrogen (secondary N) is 2. The Kier molecular flexibility index (Phi) is 7.99. The van der Waals surface area contributed by atoms with E-state index in [1.165, 1.54) is 12.1 Å². The highest BCUT2D eigenvalue weighted by atomic mass is 19.1. The Bertz CT molecular complexity index is 751. The molecule has 1 aromatic heterocycles. The Morgan fingerprint density at radius 1 is 1.25 bits per heavy atom. The van der Waals surface area contributed by atoms with E-state index in [2.05, 4.69) is 41.4 Å². The molecule has 2 rings (SSSR count). The van der Waals surface area contributed by atoms with Gasteiger partial charge in [-0.15, -0.1) is 0 Å². The SMILES string of the molecule is CCNC(=NCC(OC)C(C)(C)C)NCCc1coc(-c2ccc(F)cc2)n1.